The van der Waals surface area contributed by atoms with Gasteiger partial charge in [0.05, 0.1) is 17.7 Å². The fraction of sp³-hybridized carbons (Fsp3) is 0.250. The highest BCUT2D eigenvalue weighted by Crippen LogP contribution is 2.22. The Balaban J connectivity index is 2.70. The number of benzene rings is 1. The molecule has 1 atom stereocenters. The topological polar surface area (TPSA) is 81.7 Å². The number of amides is 2. The van der Waals surface area contributed by atoms with Crippen LogP contribution >= 0.6 is 23.2 Å². The molecule has 108 valence electrons. The van der Waals surface area contributed by atoms with Gasteiger partial charge in [-0.15, -0.1) is 0 Å². The molecule has 2 amide bonds. The van der Waals surface area contributed by atoms with E-state index in [2.05, 4.69) is 4.74 Å². The van der Waals surface area contributed by atoms with Crippen molar-refractivity contribution in [3.8, 4) is 0 Å². The standard InChI is InChI=1S/C12H11Cl2NO5/c1-6(10(16)15-12(18)19-2)20-11(17)8-4-3-7(13)5-9(8)14/h3-6H,1-2H3,(H,15,16,18)/t6-/m1/s1. The second-order valence-corrected chi connectivity index (χ2v) is 4.50. The molecule has 1 aromatic rings. The molecular formula is C12H11Cl2NO5. The van der Waals surface area contributed by atoms with Crippen molar-refractivity contribution in [3.05, 3.63) is 33.8 Å². The summed E-state index contributed by atoms with van der Waals surface area (Å²) < 4.78 is 9.12. The van der Waals surface area contributed by atoms with Crippen molar-refractivity contribution in [2.75, 3.05) is 7.11 Å². The van der Waals surface area contributed by atoms with Gasteiger partial charge in [-0.1, -0.05) is 23.2 Å². The molecule has 0 radical (unpaired) electrons. The Kier molecular flexibility index (Phi) is 5.79. The van der Waals surface area contributed by atoms with E-state index in [0.717, 1.165) is 7.11 Å². The summed E-state index contributed by atoms with van der Waals surface area (Å²) in [5.41, 5.74) is 0.0637. The minimum atomic E-state index is -1.19. The molecule has 1 aromatic carbocycles. The molecule has 0 aliphatic heterocycles. The number of hydrogen-bond donors (Lipinski definition) is 1. The number of ether oxygens (including phenoxy) is 2. The monoisotopic (exact) mass is 319 g/mol. The van der Waals surface area contributed by atoms with Gasteiger partial charge in [-0.05, 0) is 25.1 Å². The minimum absolute atomic E-state index is 0.0637. The van der Waals surface area contributed by atoms with Gasteiger partial charge in [0.25, 0.3) is 5.91 Å². The van der Waals surface area contributed by atoms with Gasteiger partial charge < -0.3 is 9.47 Å². The molecule has 20 heavy (non-hydrogen) atoms. The highest BCUT2D eigenvalue weighted by molar-refractivity contribution is 6.36. The number of halogens is 2. The average molecular weight is 320 g/mol. The molecule has 0 saturated carbocycles. The van der Waals surface area contributed by atoms with Gasteiger partial charge in [-0.25, -0.2) is 9.59 Å². The van der Waals surface area contributed by atoms with E-state index >= 15 is 0 Å². The van der Waals surface area contributed by atoms with Crippen molar-refractivity contribution < 1.29 is 23.9 Å². The first-order valence-electron chi connectivity index (χ1n) is 5.40. The second-order valence-electron chi connectivity index (χ2n) is 3.65. The molecule has 1 rings (SSSR count). The van der Waals surface area contributed by atoms with Gasteiger partial charge >= 0.3 is 12.1 Å². The quantitative estimate of drug-likeness (QED) is 0.865. The second kappa shape index (κ2) is 7.12. The van der Waals surface area contributed by atoms with E-state index in [1.807, 2.05) is 5.32 Å². The maximum Gasteiger partial charge on any atom is 0.413 e. The Morgan fingerprint density at radius 1 is 1.25 bits per heavy atom. The predicted octanol–water partition coefficient (Wildman–Crippen LogP) is 2.42. The van der Waals surface area contributed by atoms with Crippen LogP contribution in [-0.2, 0) is 14.3 Å². The molecule has 0 bridgehead atoms. The van der Waals surface area contributed by atoms with Crippen molar-refractivity contribution in [1.29, 1.82) is 0 Å². The lowest BCUT2D eigenvalue weighted by Crippen LogP contribution is -2.39. The van der Waals surface area contributed by atoms with Crippen molar-refractivity contribution in [2.45, 2.75) is 13.0 Å². The number of carbonyl (C=O) groups is 3. The zero-order valence-corrected chi connectivity index (χ0v) is 12.1. The summed E-state index contributed by atoms with van der Waals surface area (Å²) in [7, 11) is 1.10. The number of nitrogens with one attached hydrogen (secondary N) is 1. The Morgan fingerprint density at radius 3 is 2.45 bits per heavy atom. The smallest absolute Gasteiger partial charge is 0.413 e. The normalized spacial score (nSPS) is 11.4. The van der Waals surface area contributed by atoms with Crippen LogP contribution in [0.25, 0.3) is 0 Å². The third-order valence-electron chi connectivity index (χ3n) is 2.21. The van der Waals surface area contributed by atoms with Crippen LogP contribution in [0.15, 0.2) is 18.2 Å². The van der Waals surface area contributed by atoms with E-state index in [1.54, 1.807) is 0 Å². The van der Waals surface area contributed by atoms with Crippen molar-refractivity contribution >= 4 is 41.2 Å². The predicted molar refractivity (Wildman–Crippen MR) is 71.9 cm³/mol. The van der Waals surface area contributed by atoms with Gasteiger partial charge in [0.1, 0.15) is 0 Å². The molecular weight excluding hydrogens is 309 g/mol. The number of carbonyl (C=O) groups excluding carboxylic acids is 3. The van der Waals surface area contributed by atoms with Gasteiger partial charge in [0.2, 0.25) is 0 Å². The molecule has 8 heteroatoms. The average Bonchev–Trinajstić information content (AvgIpc) is 2.37. The van der Waals surface area contributed by atoms with E-state index in [1.165, 1.54) is 25.1 Å². The molecule has 0 unspecified atom stereocenters. The van der Waals surface area contributed by atoms with E-state index in [-0.39, 0.29) is 10.6 Å². The van der Waals surface area contributed by atoms with Crippen molar-refractivity contribution in [2.24, 2.45) is 0 Å². The zero-order valence-electron chi connectivity index (χ0n) is 10.6. The number of hydrogen-bond acceptors (Lipinski definition) is 5. The Morgan fingerprint density at radius 2 is 1.90 bits per heavy atom. The van der Waals surface area contributed by atoms with Gasteiger partial charge in [0.15, 0.2) is 6.10 Å². The van der Waals surface area contributed by atoms with Crippen LogP contribution in [0.4, 0.5) is 4.79 Å². The summed E-state index contributed by atoms with van der Waals surface area (Å²) in [6, 6.07) is 4.21. The van der Waals surface area contributed by atoms with Crippen LogP contribution in [0.3, 0.4) is 0 Å². The number of imide groups is 1. The van der Waals surface area contributed by atoms with Gasteiger partial charge in [-0.3, -0.25) is 10.1 Å². The van der Waals surface area contributed by atoms with Crippen LogP contribution < -0.4 is 5.32 Å². The molecule has 0 aliphatic carbocycles. The van der Waals surface area contributed by atoms with Gasteiger partial charge in [0, 0.05) is 5.02 Å². The Bertz CT molecular complexity index is 547. The van der Waals surface area contributed by atoms with E-state index < -0.39 is 24.1 Å². The summed E-state index contributed by atoms with van der Waals surface area (Å²) in [6.45, 7) is 1.31. The third-order valence-corrected chi connectivity index (χ3v) is 2.76. The zero-order chi connectivity index (χ0) is 15.3. The summed E-state index contributed by atoms with van der Waals surface area (Å²) in [5.74, 6) is -1.62. The summed E-state index contributed by atoms with van der Waals surface area (Å²) in [5, 5.41) is 2.34. The van der Waals surface area contributed by atoms with Crippen molar-refractivity contribution in [1.82, 2.24) is 5.32 Å². The molecule has 0 fully saturated rings. The molecule has 0 aromatic heterocycles. The molecule has 1 N–H and O–H groups in total. The first kappa shape index (κ1) is 16.3. The first-order valence-corrected chi connectivity index (χ1v) is 6.15. The molecule has 0 aliphatic rings. The molecule has 0 saturated heterocycles. The van der Waals surface area contributed by atoms with Crippen molar-refractivity contribution in [3.63, 3.8) is 0 Å². The van der Waals surface area contributed by atoms with Crippen LogP contribution in [0.1, 0.15) is 17.3 Å². The maximum atomic E-state index is 11.8. The molecule has 6 nitrogen and oxygen atoms in total. The summed E-state index contributed by atoms with van der Waals surface area (Å²) in [4.78, 5) is 34.1. The fourth-order valence-electron chi connectivity index (χ4n) is 1.19. The van der Waals surface area contributed by atoms with E-state index in [4.69, 9.17) is 27.9 Å². The van der Waals surface area contributed by atoms with Crippen LogP contribution in [0.2, 0.25) is 10.0 Å². The summed E-state index contributed by atoms with van der Waals surface area (Å²) in [6.07, 6.45) is -2.13. The highest BCUT2D eigenvalue weighted by Gasteiger charge is 2.22. The SMILES string of the molecule is COC(=O)NC(=O)[C@@H](C)OC(=O)c1ccc(Cl)cc1Cl. The third kappa shape index (κ3) is 4.40. The lowest BCUT2D eigenvalue weighted by molar-refractivity contribution is -0.128. The number of esters is 1. The number of alkyl carbamates (subject to hydrolysis) is 1. The highest BCUT2D eigenvalue weighted by atomic mass is 35.5. The Hall–Kier alpha value is -1.79. The number of methoxy groups -OCH3 is 1. The fourth-order valence-corrected chi connectivity index (χ4v) is 1.67. The lowest BCUT2D eigenvalue weighted by Gasteiger charge is -2.13. The maximum absolute atomic E-state index is 11.8. The Labute approximate surface area is 124 Å². The largest absolute Gasteiger partial charge is 0.453 e. The van der Waals surface area contributed by atoms with Crippen LogP contribution in [0, 0.1) is 0 Å². The lowest BCUT2D eigenvalue weighted by atomic mass is 10.2. The van der Waals surface area contributed by atoms with Crippen LogP contribution in [0.5, 0.6) is 0 Å². The van der Waals surface area contributed by atoms with E-state index in [9.17, 15) is 14.4 Å². The first-order chi connectivity index (χ1) is 9.35. The minimum Gasteiger partial charge on any atom is -0.453 e. The van der Waals surface area contributed by atoms with Crippen LogP contribution in [-0.4, -0.2) is 31.2 Å². The number of rotatable bonds is 3. The van der Waals surface area contributed by atoms with E-state index in [0.29, 0.717) is 5.02 Å². The molecule has 0 spiro atoms. The summed E-state index contributed by atoms with van der Waals surface area (Å²) >= 11 is 11.5. The molecule has 0 heterocycles. The van der Waals surface area contributed by atoms with Gasteiger partial charge in [-0.2, -0.15) is 0 Å².